The lowest BCUT2D eigenvalue weighted by atomic mass is 10.2. The number of aromatic nitrogens is 2. The topological polar surface area (TPSA) is 29.8 Å². The molecule has 3 aromatic rings. The summed E-state index contributed by atoms with van der Waals surface area (Å²) < 4.78 is 7.84. The zero-order chi connectivity index (χ0) is 16.2. The molecule has 0 aliphatic heterocycles. The van der Waals surface area contributed by atoms with Gasteiger partial charge < -0.3 is 14.0 Å². The molecular formula is C19H23N3O. The van der Waals surface area contributed by atoms with E-state index in [-0.39, 0.29) is 0 Å². The normalized spacial score (nSPS) is 11.3. The summed E-state index contributed by atoms with van der Waals surface area (Å²) >= 11 is 0. The van der Waals surface area contributed by atoms with E-state index in [0.717, 1.165) is 42.2 Å². The second-order valence-electron chi connectivity index (χ2n) is 6.08. The predicted molar refractivity (Wildman–Crippen MR) is 94.0 cm³/mol. The molecule has 0 atom stereocenters. The molecule has 0 amide bonds. The Balaban J connectivity index is 1.69. The first kappa shape index (κ1) is 15.6. The van der Waals surface area contributed by atoms with Gasteiger partial charge in [-0.25, -0.2) is 4.98 Å². The largest absolute Gasteiger partial charge is 0.494 e. The number of hydrogen-bond donors (Lipinski definition) is 0. The number of hydrogen-bond acceptors (Lipinski definition) is 3. The van der Waals surface area contributed by atoms with Gasteiger partial charge in [-0.15, -0.1) is 0 Å². The molecule has 0 spiro atoms. The van der Waals surface area contributed by atoms with Gasteiger partial charge in [0, 0.05) is 24.5 Å². The fraction of sp³-hybridized carbons (Fsp3) is 0.316. The van der Waals surface area contributed by atoms with E-state index in [1.54, 1.807) is 0 Å². The number of rotatable bonds is 6. The average Bonchev–Trinajstić information content (AvgIpc) is 2.98. The van der Waals surface area contributed by atoms with Gasteiger partial charge in [0.1, 0.15) is 11.4 Å². The summed E-state index contributed by atoms with van der Waals surface area (Å²) in [5.74, 6) is 0.910. The van der Waals surface area contributed by atoms with Crippen LogP contribution in [0.15, 0.2) is 48.8 Å². The third-order valence-corrected chi connectivity index (χ3v) is 3.85. The highest BCUT2D eigenvalue weighted by molar-refractivity contribution is 5.64. The Kier molecular flexibility index (Phi) is 4.63. The lowest BCUT2D eigenvalue weighted by Gasteiger charge is -2.10. The smallest absolute Gasteiger partial charge is 0.140 e. The molecule has 0 N–H and O–H groups in total. The van der Waals surface area contributed by atoms with Gasteiger partial charge in [0.25, 0.3) is 0 Å². The number of pyridine rings is 1. The van der Waals surface area contributed by atoms with Crippen LogP contribution < -0.4 is 4.74 Å². The van der Waals surface area contributed by atoms with E-state index in [1.165, 1.54) is 5.56 Å². The van der Waals surface area contributed by atoms with Gasteiger partial charge in [-0.3, -0.25) is 0 Å². The molecular weight excluding hydrogens is 286 g/mol. The minimum Gasteiger partial charge on any atom is -0.494 e. The van der Waals surface area contributed by atoms with Gasteiger partial charge in [-0.1, -0.05) is 6.07 Å². The van der Waals surface area contributed by atoms with Crippen LogP contribution in [-0.4, -0.2) is 41.5 Å². The molecule has 0 fully saturated rings. The third-order valence-electron chi connectivity index (χ3n) is 3.85. The lowest BCUT2D eigenvalue weighted by Crippen LogP contribution is -2.15. The zero-order valence-corrected chi connectivity index (χ0v) is 14.0. The van der Waals surface area contributed by atoms with Crippen LogP contribution in [0.2, 0.25) is 0 Å². The molecule has 1 aromatic carbocycles. The first-order valence-electron chi connectivity index (χ1n) is 7.96. The van der Waals surface area contributed by atoms with Crippen LogP contribution in [0, 0.1) is 6.92 Å². The highest BCUT2D eigenvalue weighted by Crippen LogP contribution is 2.23. The lowest BCUT2D eigenvalue weighted by molar-refractivity contribution is 0.281. The van der Waals surface area contributed by atoms with Crippen LogP contribution in [0.5, 0.6) is 5.75 Å². The summed E-state index contributed by atoms with van der Waals surface area (Å²) in [5.41, 5.74) is 4.28. The minimum atomic E-state index is 0.741. The molecule has 4 heteroatoms. The van der Waals surface area contributed by atoms with Gasteiger partial charge in [-0.05, 0) is 63.3 Å². The van der Waals surface area contributed by atoms with E-state index in [0.29, 0.717) is 0 Å². The van der Waals surface area contributed by atoms with Crippen LogP contribution in [0.4, 0.5) is 0 Å². The molecule has 2 aromatic heterocycles. The van der Waals surface area contributed by atoms with Crippen LogP contribution in [0.3, 0.4) is 0 Å². The highest BCUT2D eigenvalue weighted by atomic mass is 16.5. The van der Waals surface area contributed by atoms with Crippen LogP contribution in [0.1, 0.15) is 12.0 Å². The van der Waals surface area contributed by atoms with Gasteiger partial charge in [0.2, 0.25) is 0 Å². The highest BCUT2D eigenvalue weighted by Gasteiger charge is 2.06. The van der Waals surface area contributed by atoms with Crippen LogP contribution in [-0.2, 0) is 0 Å². The van der Waals surface area contributed by atoms with E-state index in [4.69, 9.17) is 9.72 Å². The van der Waals surface area contributed by atoms with Crippen molar-refractivity contribution < 1.29 is 4.74 Å². The van der Waals surface area contributed by atoms with Gasteiger partial charge in [0.05, 0.1) is 12.3 Å². The molecule has 0 bridgehead atoms. The monoisotopic (exact) mass is 309 g/mol. The Labute approximate surface area is 137 Å². The van der Waals surface area contributed by atoms with Crippen molar-refractivity contribution in [3.05, 3.63) is 54.4 Å². The Morgan fingerprint density at radius 1 is 1.13 bits per heavy atom. The fourth-order valence-electron chi connectivity index (χ4n) is 2.59. The van der Waals surface area contributed by atoms with Crippen molar-refractivity contribution in [2.24, 2.45) is 0 Å². The zero-order valence-electron chi connectivity index (χ0n) is 14.0. The van der Waals surface area contributed by atoms with Crippen molar-refractivity contribution in [1.82, 2.24) is 14.3 Å². The number of aryl methyl sites for hydroxylation is 1. The Bertz CT molecular complexity index is 775. The minimum absolute atomic E-state index is 0.741. The predicted octanol–water partition coefficient (Wildman–Crippen LogP) is 3.64. The SMILES string of the molecule is Cc1cccn2cc(-c3ccc(OCCCN(C)C)cc3)nc12. The van der Waals surface area contributed by atoms with Crippen LogP contribution >= 0.6 is 0 Å². The molecule has 23 heavy (non-hydrogen) atoms. The Hall–Kier alpha value is -2.33. The Morgan fingerprint density at radius 2 is 1.91 bits per heavy atom. The van der Waals surface area contributed by atoms with Crippen molar-refractivity contribution in [2.45, 2.75) is 13.3 Å². The van der Waals surface area contributed by atoms with Crippen molar-refractivity contribution in [1.29, 1.82) is 0 Å². The molecule has 3 rings (SSSR count). The summed E-state index contributed by atoms with van der Waals surface area (Å²) in [6.45, 7) is 3.86. The number of benzene rings is 1. The molecule has 0 saturated heterocycles. The van der Waals surface area contributed by atoms with E-state index in [1.807, 2.05) is 24.4 Å². The quantitative estimate of drug-likeness (QED) is 0.651. The maximum Gasteiger partial charge on any atom is 0.140 e. The molecule has 2 heterocycles. The van der Waals surface area contributed by atoms with E-state index >= 15 is 0 Å². The number of fused-ring (bicyclic) bond motifs is 1. The van der Waals surface area contributed by atoms with E-state index < -0.39 is 0 Å². The summed E-state index contributed by atoms with van der Waals surface area (Å²) in [5, 5.41) is 0. The fourth-order valence-corrected chi connectivity index (χ4v) is 2.59. The summed E-state index contributed by atoms with van der Waals surface area (Å²) in [4.78, 5) is 6.89. The van der Waals surface area contributed by atoms with Crippen molar-refractivity contribution in [3.8, 4) is 17.0 Å². The second kappa shape index (κ2) is 6.84. The van der Waals surface area contributed by atoms with Gasteiger partial charge >= 0.3 is 0 Å². The third kappa shape index (κ3) is 3.71. The van der Waals surface area contributed by atoms with Gasteiger partial charge in [-0.2, -0.15) is 0 Å². The number of imidazole rings is 1. The molecule has 4 nitrogen and oxygen atoms in total. The molecule has 0 radical (unpaired) electrons. The van der Waals surface area contributed by atoms with E-state index in [9.17, 15) is 0 Å². The standard InChI is InChI=1S/C19H23N3O/c1-15-6-4-12-22-14-18(20-19(15)22)16-7-9-17(10-8-16)23-13-5-11-21(2)3/h4,6-10,12,14H,5,11,13H2,1-3H3. The van der Waals surface area contributed by atoms with Gasteiger partial charge in [0.15, 0.2) is 0 Å². The summed E-state index contributed by atoms with van der Waals surface area (Å²) in [6.07, 6.45) is 5.12. The molecule has 120 valence electrons. The maximum absolute atomic E-state index is 5.77. The van der Waals surface area contributed by atoms with E-state index in [2.05, 4.69) is 54.7 Å². The second-order valence-corrected chi connectivity index (χ2v) is 6.08. The number of ether oxygens (including phenoxy) is 1. The molecule has 0 aliphatic carbocycles. The Morgan fingerprint density at radius 3 is 2.61 bits per heavy atom. The molecule has 0 unspecified atom stereocenters. The summed E-state index contributed by atoms with van der Waals surface area (Å²) in [6, 6.07) is 12.3. The maximum atomic E-state index is 5.77. The average molecular weight is 309 g/mol. The molecule has 0 saturated carbocycles. The van der Waals surface area contributed by atoms with Crippen molar-refractivity contribution in [3.63, 3.8) is 0 Å². The van der Waals surface area contributed by atoms with Crippen LogP contribution in [0.25, 0.3) is 16.9 Å². The first-order chi connectivity index (χ1) is 11.1. The first-order valence-corrected chi connectivity index (χ1v) is 7.96. The molecule has 0 aliphatic rings. The summed E-state index contributed by atoms with van der Waals surface area (Å²) in [7, 11) is 4.15. The number of nitrogens with zero attached hydrogens (tertiary/aromatic N) is 3. The van der Waals surface area contributed by atoms with Crippen molar-refractivity contribution in [2.75, 3.05) is 27.2 Å². The van der Waals surface area contributed by atoms with Crippen molar-refractivity contribution >= 4 is 5.65 Å².